The zero-order valence-corrected chi connectivity index (χ0v) is 19.2. The number of halogens is 1. The lowest BCUT2D eigenvalue weighted by Crippen LogP contribution is -2.45. The van der Waals surface area contributed by atoms with Crippen molar-refractivity contribution >= 4 is 23.4 Å². The molecule has 0 bridgehead atoms. The minimum Gasteiger partial charge on any atom is -0.504 e. The monoisotopic (exact) mass is 471 g/mol. The molecule has 8 nitrogen and oxygen atoms in total. The van der Waals surface area contributed by atoms with Crippen molar-refractivity contribution in [2.24, 2.45) is 11.5 Å². The van der Waals surface area contributed by atoms with Gasteiger partial charge in [-0.2, -0.15) is 0 Å². The first-order valence-corrected chi connectivity index (χ1v) is 11.3. The molecule has 1 aromatic heterocycles. The summed E-state index contributed by atoms with van der Waals surface area (Å²) in [5.41, 5.74) is 14.8. The molecular formula is C23H26FN5O3S. The van der Waals surface area contributed by atoms with Crippen molar-refractivity contribution in [1.82, 2.24) is 15.2 Å². The van der Waals surface area contributed by atoms with Crippen LogP contribution < -0.4 is 16.8 Å². The lowest BCUT2D eigenvalue weighted by Gasteiger charge is -2.34. The maximum Gasteiger partial charge on any atom is 0.339 e. The van der Waals surface area contributed by atoms with Crippen LogP contribution in [-0.4, -0.2) is 52.5 Å². The van der Waals surface area contributed by atoms with Crippen molar-refractivity contribution in [2.75, 3.05) is 20.2 Å². The Balaban J connectivity index is 1.53. The van der Waals surface area contributed by atoms with Gasteiger partial charge in [0, 0.05) is 41.8 Å². The summed E-state index contributed by atoms with van der Waals surface area (Å²) in [5, 5.41) is 14.3. The van der Waals surface area contributed by atoms with Gasteiger partial charge in [-0.3, -0.25) is 0 Å². The molecule has 0 aliphatic carbocycles. The number of nitrogens with one attached hydrogen (secondary N) is 1. The third-order valence-electron chi connectivity index (χ3n) is 5.86. The van der Waals surface area contributed by atoms with Gasteiger partial charge in [-0.05, 0) is 43.2 Å². The molecular weight excluding hydrogens is 445 g/mol. The number of aromatic nitrogens is 1. The van der Waals surface area contributed by atoms with Crippen molar-refractivity contribution in [3.05, 3.63) is 70.6 Å². The number of allylic oxidation sites excluding steroid dienone is 1. The van der Waals surface area contributed by atoms with E-state index in [4.69, 9.17) is 16.2 Å². The summed E-state index contributed by atoms with van der Waals surface area (Å²) in [7, 11) is 1.35. The first-order valence-electron chi connectivity index (χ1n) is 10.5. The second-order valence-corrected chi connectivity index (χ2v) is 9.35. The fraction of sp³-hybridized carbons (Fsp3) is 0.304. The van der Waals surface area contributed by atoms with Gasteiger partial charge in [0.15, 0.2) is 11.6 Å². The van der Waals surface area contributed by atoms with Gasteiger partial charge >= 0.3 is 5.97 Å². The Hall–Kier alpha value is -3.40. The van der Waals surface area contributed by atoms with Gasteiger partial charge in [0.1, 0.15) is 5.82 Å². The smallest absolute Gasteiger partial charge is 0.339 e. The van der Waals surface area contributed by atoms with E-state index in [2.05, 4.69) is 15.2 Å². The third-order valence-corrected chi connectivity index (χ3v) is 7.00. The van der Waals surface area contributed by atoms with E-state index in [1.54, 1.807) is 30.1 Å². The third kappa shape index (κ3) is 4.56. The van der Waals surface area contributed by atoms with Crippen LogP contribution in [-0.2, 0) is 4.74 Å². The number of thioether (sulfide) groups is 1. The van der Waals surface area contributed by atoms with Crippen LogP contribution >= 0.6 is 11.8 Å². The van der Waals surface area contributed by atoms with Crippen molar-refractivity contribution < 1.29 is 19.0 Å². The predicted octanol–water partition coefficient (Wildman–Crippen LogP) is 2.29. The number of esters is 1. The zero-order chi connectivity index (χ0) is 23.7. The number of hydrogen-bond acceptors (Lipinski definition) is 9. The van der Waals surface area contributed by atoms with Gasteiger partial charge < -0.3 is 31.5 Å². The molecule has 0 spiro atoms. The maximum absolute atomic E-state index is 13.8. The summed E-state index contributed by atoms with van der Waals surface area (Å²) in [4.78, 5) is 18.4. The van der Waals surface area contributed by atoms with Gasteiger partial charge in [0.05, 0.1) is 23.4 Å². The Bertz CT molecular complexity index is 1150. The van der Waals surface area contributed by atoms with Crippen LogP contribution in [0.25, 0.3) is 5.70 Å². The summed E-state index contributed by atoms with van der Waals surface area (Å²) >= 11 is 1.64. The van der Waals surface area contributed by atoms with E-state index in [0.29, 0.717) is 30.2 Å². The molecule has 33 heavy (non-hydrogen) atoms. The predicted molar refractivity (Wildman–Crippen MR) is 125 cm³/mol. The number of nitrogens with zero attached hydrogens (tertiary/aromatic N) is 2. The standard InChI is InChI=1S/C23H26FN5O3S/c1-12-6-20(27-10-16(12)23(31)32-2)33-14-7-13-9-28-22(26)19(29(13)11-14)8-18(25)15-4-3-5-17(24)21(15)30/h3-6,8,10,13-14,28,30H,7,9,11,25-26H2,1-2H3/b18-8-. The number of phenols is 1. The molecule has 4 rings (SSSR count). The average Bonchev–Trinajstić information content (AvgIpc) is 3.20. The molecule has 2 aromatic rings. The molecule has 3 heterocycles. The molecule has 2 aliphatic heterocycles. The number of aryl methyl sites for hydroxylation is 1. The zero-order valence-electron chi connectivity index (χ0n) is 18.3. The molecule has 2 unspecified atom stereocenters. The Morgan fingerprint density at radius 2 is 2.21 bits per heavy atom. The number of hydrogen-bond donors (Lipinski definition) is 4. The second-order valence-electron chi connectivity index (χ2n) is 8.03. The molecule has 0 saturated carbocycles. The number of para-hydroxylation sites is 1. The molecule has 0 amide bonds. The highest BCUT2D eigenvalue weighted by Gasteiger charge is 2.37. The van der Waals surface area contributed by atoms with E-state index in [1.807, 2.05) is 13.0 Å². The summed E-state index contributed by atoms with van der Waals surface area (Å²) in [6.45, 7) is 3.27. The van der Waals surface area contributed by atoms with Crippen LogP contribution in [0, 0.1) is 12.7 Å². The van der Waals surface area contributed by atoms with Gasteiger partial charge in [-0.25, -0.2) is 14.2 Å². The number of methoxy groups -OCH3 is 1. The summed E-state index contributed by atoms with van der Waals surface area (Å²) < 4.78 is 18.5. The lowest BCUT2D eigenvalue weighted by molar-refractivity contribution is 0.0599. The van der Waals surface area contributed by atoms with E-state index >= 15 is 0 Å². The molecule has 6 N–H and O–H groups in total. The van der Waals surface area contributed by atoms with E-state index in [0.717, 1.165) is 17.0 Å². The van der Waals surface area contributed by atoms with Gasteiger partial charge in [0.25, 0.3) is 0 Å². The average molecular weight is 472 g/mol. The van der Waals surface area contributed by atoms with Crippen molar-refractivity contribution in [3.8, 4) is 5.75 Å². The highest BCUT2D eigenvalue weighted by molar-refractivity contribution is 7.99. The Labute approximate surface area is 195 Å². The maximum atomic E-state index is 13.8. The summed E-state index contributed by atoms with van der Waals surface area (Å²) in [6, 6.07) is 6.32. The Kier molecular flexibility index (Phi) is 6.37. The summed E-state index contributed by atoms with van der Waals surface area (Å²) in [5.74, 6) is -1.15. The van der Waals surface area contributed by atoms with Crippen molar-refractivity contribution in [3.63, 3.8) is 0 Å². The number of carbonyl (C=O) groups excluding carboxylic acids is 1. The van der Waals surface area contributed by atoms with E-state index in [9.17, 15) is 14.3 Å². The molecule has 1 fully saturated rings. The Morgan fingerprint density at radius 1 is 1.42 bits per heavy atom. The normalized spacial score (nSPS) is 20.5. The first-order chi connectivity index (χ1) is 15.8. The van der Waals surface area contributed by atoms with Crippen molar-refractivity contribution in [2.45, 2.75) is 29.7 Å². The first kappa shape index (κ1) is 22.8. The topological polar surface area (TPSA) is 127 Å². The number of rotatable bonds is 5. The van der Waals surface area contributed by atoms with E-state index in [1.165, 1.54) is 19.2 Å². The van der Waals surface area contributed by atoms with Gasteiger partial charge in [0.2, 0.25) is 0 Å². The van der Waals surface area contributed by atoms with Crippen LogP contribution in [0.4, 0.5) is 4.39 Å². The second kappa shape index (κ2) is 9.22. The highest BCUT2D eigenvalue weighted by Crippen LogP contribution is 2.37. The largest absolute Gasteiger partial charge is 0.504 e. The minimum absolute atomic E-state index is 0.199. The molecule has 10 heteroatoms. The molecule has 174 valence electrons. The number of phenolic OH excluding ortho intramolecular Hbond substituents is 1. The molecule has 2 atom stereocenters. The fourth-order valence-corrected chi connectivity index (χ4v) is 5.40. The van der Waals surface area contributed by atoms with Crippen LogP contribution in [0.2, 0.25) is 0 Å². The molecule has 1 saturated heterocycles. The lowest BCUT2D eigenvalue weighted by atomic mass is 10.1. The molecule has 1 aromatic carbocycles. The van der Waals surface area contributed by atoms with Crippen molar-refractivity contribution in [1.29, 1.82) is 0 Å². The highest BCUT2D eigenvalue weighted by atomic mass is 32.2. The number of aromatic hydroxyl groups is 1. The minimum atomic E-state index is -0.732. The summed E-state index contributed by atoms with van der Waals surface area (Å²) in [6.07, 6.45) is 4.11. The number of pyridine rings is 1. The number of nitrogens with two attached hydrogens (primary N) is 2. The van der Waals surface area contributed by atoms with Gasteiger partial charge in [-0.15, -0.1) is 11.8 Å². The van der Waals surface area contributed by atoms with Crippen LogP contribution in [0.1, 0.15) is 27.9 Å². The number of fused-ring (bicyclic) bond motifs is 1. The van der Waals surface area contributed by atoms with Gasteiger partial charge in [-0.1, -0.05) is 6.07 Å². The van der Waals surface area contributed by atoms with Crippen LogP contribution in [0.5, 0.6) is 5.75 Å². The number of ether oxygens (including phenoxy) is 1. The number of benzene rings is 1. The fourth-order valence-electron chi connectivity index (χ4n) is 4.14. The quantitative estimate of drug-likeness (QED) is 0.486. The molecule has 2 aliphatic rings. The van der Waals surface area contributed by atoms with E-state index in [-0.39, 0.29) is 22.6 Å². The van der Waals surface area contributed by atoms with Crippen LogP contribution in [0.3, 0.4) is 0 Å². The molecule has 0 radical (unpaired) electrons. The number of carbonyl (C=O) groups is 1. The Morgan fingerprint density at radius 3 is 2.94 bits per heavy atom. The van der Waals surface area contributed by atoms with Crippen LogP contribution in [0.15, 0.2) is 53.1 Å². The van der Waals surface area contributed by atoms with E-state index < -0.39 is 17.5 Å². The SMILES string of the molecule is COC(=O)c1cnc(SC2CC3CNC(N)=C(/C=C(\N)c4cccc(F)c4O)N3C2)cc1C.